The molecule has 0 radical (unpaired) electrons. The third-order valence-electron chi connectivity index (χ3n) is 4.11. The van der Waals surface area contributed by atoms with Gasteiger partial charge in [0.05, 0.1) is 6.54 Å². The number of amides is 1. The predicted octanol–water partition coefficient (Wildman–Crippen LogP) is 1.90. The highest BCUT2D eigenvalue weighted by Crippen LogP contribution is 2.32. The number of hydrogen-bond donors (Lipinski definition) is 0. The van der Waals surface area contributed by atoms with Gasteiger partial charge >= 0.3 is 0 Å². The van der Waals surface area contributed by atoms with E-state index in [-0.39, 0.29) is 18.8 Å². The van der Waals surface area contributed by atoms with Gasteiger partial charge in [0.2, 0.25) is 18.6 Å². The summed E-state index contributed by atoms with van der Waals surface area (Å²) in [6.07, 6.45) is 5.67. The number of hydrogen-bond acceptors (Lipinski definition) is 6. The van der Waals surface area contributed by atoms with Crippen LogP contribution in [0.4, 0.5) is 0 Å². The first-order valence-corrected chi connectivity index (χ1v) is 8.09. The highest BCUT2D eigenvalue weighted by molar-refractivity contribution is 5.92. The lowest BCUT2D eigenvalue weighted by atomic mass is 10.2. The average Bonchev–Trinajstić information content (AvgIpc) is 3.29. The molecule has 4 rings (SSSR count). The quantitative estimate of drug-likeness (QED) is 0.792. The van der Waals surface area contributed by atoms with Gasteiger partial charge in [-0.25, -0.2) is 0 Å². The predicted molar refractivity (Wildman–Crippen MR) is 89.2 cm³/mol. The number of benzene rings is 1. The van der Waals surface area contributed by atoms with E-state index in [2.05, 4.69) is 10.2 Å². The highest BCUT2D eigenvalue weighted by atomic mass is 16.7. The number of ether oxygens (including phenoxy) is 3. The topological polar surface area (TPSA) is 73.8 Å². The van der Waals surface area contributed by atoms with Crippen LogP contribution in [0, 0.1) is 0 Å². The molecule has 0 unspecified atom stereocenters. The van der Waals surface area contributed by atoms with Crippen LogP contribution in [0.3, 0.4) is 0 Å². The number of carbonyl (C=O) groups excluding carboxylic acids is 1. The van der Waals surface area contributed by atoms with Crippen LogP contribution in [-0.4, -0.2) is 47.0 Å². The van der Waals surface area contributed by atoms with Crippen LogP contribution in [0.15, 0.2) is 42.6 Å². The summed E-state index contributed by atoms with van der Waals surface area (Å²) in [6, 6.07) is 9.12. The van der Waals surface area contributed by atoms with Gasteiger partial charge in [-0.3, -0.25) is 4.79 Å². The molecular weight excluding hydrogens is 322 g/mol. The van der Waals surface area contributed by atoms with Crippen molar-refractivity contribution in [1.82, 2.24) is 15.1 Å². The minimum atomic E-state index is -0.0559. The maximum Gasteiger partial charge on any atom is 0.246 e. The first-order valence-electron chi connectivity index (χ1n) is 8.09. The molecule has 0 saturated carbocycles. The molecule has 25 heavy (non-hydrogen) atoms. The van der Waals surface area contributed by atoms with Gasteiger partial charge in [-0.05, 0) is 29.8 Å². The Morgan fingerprint density at radius 2 is 2.20 bits per heavy atom. The van der Waals surface area contributed by atoms with Gasteiger partial charge < -0.3 is 19.1 Å². The molecular formula is C18H17N3O4. The molecule has 1 fully saturated rings. The Morgan fingerprint density at radius 3 is 3.08 bits per heavy atom. The van der Waals surface area contributed by atoms with Crippen LogP contribution in [0.25, 0.3) is 6.08 Å². The van der Waals surface area contributed by atoms with Crippen molar-refractivity contribution in [2.45, 2.75) is 12.5 Å². The van der Waals surface area contributed by atoms with Gasteiger partial charge in [-0.2, -0.15) is 5.10 Å². The van der Waals surface area contributed by atoms with E-state index in [1.807, 2.05) is 18.2 Å². The summed E-state index contributed by atoms with van der Waals surface area (Å²) in [6.45, 7) is 1.44. The van der Waals surface area contributed by atoms with E-state index in [1.165, 1.54) is 0 Å². The van der Waals surface area contributed by atoms with E-state index >= 15 is 0 Å². The molecule has 0 aliphatic carbocycles. The van der Waals surface area contributed by atoms with E-state index in [4.69, 9.17) is 14.2 Å². The number of rotatable bonds is 4. The molecule has 0 N–H and O–H groups in total. The number of nitrogens with zero attached hydrogens (tertiary/aromatic N) is 3. The van der Waals surface area contributed by atoms with Gasteiger partial charge in [0.25, 0.3) is 0 Å². The van der Waals surface area contributed by atoms with E-state index < -0.39 is 0 Å². The van der Waals surface area contributed by atoms with Crippen molar-refractivity contribution in [3.05, 3.63) is 48.2 Å². The Bertz CT molecular complexity index is 794. The molecule has 1 aromatic heterocycles. The molecule has 3 heterocycles. The lowest BCUT2D eigenvalue weighted by Crippen LogP contribution is -2.29. The SMILES string of the molecule is O=C(/C=C/c1ccc2c(c1)OCO2)N1CC[C@@H](Oc2cccnn2)C1. The third kappa shape index (κ3) is 3.55. The number of aromatic nitrogens is 2. The molecule has 0 bridgehead atoms. The molecule has 0 spiro atoms. The molecule has 1 atom stereocenters. The maximum atomic E-state index is 12.4. The van der Waals surface area contributed by atoms with Crippen molar-refractivity contribution in [3.8, 4) is 17.4 Å². The normalized spacial score (nSPS) is 18.7. The lowest BCUT2D eigenvalue weighted by Gasteiger charge is -2.15. The molecule has 2 aliphatic rings. The second-order valence-corrected chi connectivity index (χ2v) is 5.82. The van der Waals surface area contributed by atoms with Gasteiger partial charge in [0.1, 0.15) is 6.10 Å². The first kappa shape index (κ1) is 15.4. The fraction of sp³-hybridized carbons (Fsp3) is 0.278. The van der Waals surface area contributed by atoms with Crippen molar-refractivity contribution in [2.75, 3.05) is 19.9 Å². The fourth-order valence-electron chi connectivity index (χ4n) is 2.84. The number of fused-ring (bicyclic) bond motifs is 1. The Labute approximate surface area is 144 Å². The summed E-state index contributed by atoms with van der Waals surface area (Å²) in [5.41, 5.74) is 0.893. The Morgan fingerprint density at radius 1 is 1.28 bits per heavy atom. The minimum Gasteiger partial charge on any atom is -0.471 e. The lowest BCUT2D eigenvalue weighted by molar-refractivity contribution is -0.125. The van der Waals surface area contributed by atoms with E-state index in [0.717, 1.165) is 17.7 Å². The molecule has 1 amide bonds. The van der Waals surface area contributed by atoms with Crippen LogP contribution in [0.1, 0.15) is 12.0 Å². The van der Waals surface area contributed by atoms with E-state index in [0.29, 0.717) is 24.7 Å². The zero-order chi connectivity index (χ0) is 17.1. The third-order valence-corrected chi connectivity index (χ3v) is 4.11. The maximum absolute atomic E-state index is 12.4. The van der Waals surface area contributed by atoms with Crippen LogP contribution < -0.4 is 14.2 Å². The Kier molecular flexibility index (Phi) is 4.20. The van der Waals surface area contributed by atoms with Crippen molar-refractivity contribution in [1.29, 1.82) is 0 Å². The molecule has 7 nitrogen and oxygen atoms in total. The van der Waals surface area contributed by atoms with Crippen molar-refractivity contribution < 1.29 is 19.0 Å². The summed E-state index contributed by atoms with van der Waals surface area (Å²) in [5, 5.41) is 7.69. The van der Waals surface area contributed by atoms with Gasteiger partial charge in [0.15, 0.2) is 11.5 Å². The van der Waals surface area contributed by atoms with Gasteiger partial charge in [-0.1, -0.05) is 6.07 Å². The molecule has 1 aromatic carbocycles. The Balaban J connectivity index is 1.34. The van der Waals surface area contributed by atoms with Gasteiger partial charge in [-0.15, -0.1) is 5.10 Å². The fourth-order valence-corrected chi connectivity index (χ4v) is 2.84. The molecule has 7 heteroatoms. The summed E-state index contributed by atoms with van der Waals surface area (Å²) in [7, 11) is 0. The van der Waals surface area contributed by atoms with Gasteiger partial charge in [0, 0.05) is 31.3 Å². The van der Waals surface area contributed by atoms with Crippen LogP contribution in [0.2, 0.25) is 0 Å². The number of likely N-dealkylation sites (tertiary alicyclic amines) is 1. The summed E-state index contributed by atoms with van der Waals surface area (Å²) >= 11 is 0. The van der Waals surface area contributed by atoms with Crippen LogP contribution in [0.5, 0.6) is 17.4 Å². The molecule has 2 aromatic rings. The summed E-state index contributed by atoms with van der Waals surface area (Å²) in [4.78, 5) is 14.1. The first-order chi connectivity index (χ1) is 12.3. The minimum absolute atomic E-state index is 0.0390. The second kappa shape index (κ2) is 6.80. The zero-order valence-electron chi connectivity index (χ0n) is 13.5. The summed E-state index contributed by atoms with van der Waals surface area (Å²) in [5.74, 6) is 1.88. The monoisotopic (exact) mass is 339 g/mol. The summed E-state index contributed by atoms with van der Waals surface area (Å²) < 4.78 is 16.4. The Hall–Kier alpha value is -3.09. The van der Waals surface area contributed by atoms with Crippen molar-refractivity contribution >= 4 is 12.0 Å². The van der Waals surface area contributed by atoms with Crippen LogP contribution in [-0.2, 0) is 4.79 Å². The largest absolute Gasteiger partial charge is 0.471 e. The van der Waals surface area contributed by atoms with E-state index in [9.17, 15) is 4.79 Å². The second-order valence-electron chi connectivity index (χ2n) is 5.82. The molecule has 1 saturated heterocycles. The van der Waals surface area contributed by atoms with Crippen molar-refractivity contribution in [2.24, 2.45) is 0 Å². The highest BCUT2D eigenvalue weighted by Gasteiger charge is 2.26. The number of carbonyl (C=O) groups is 1. The molecule has 128 valence electrons. The standard InChI is InChI=1S/C18H17N3O4/c22-18(6-4-13-3-5-15-16(10-13)24-12-23-15)21-9-7-14(11-21)25-17-2-1-8-19-20-17/h1-6,8,10,14H,7,9,11-12H2/b6-4+/t14-/m1/s1. The molecule has 2 aliphatic heterocycles. The smallest absolute Gasteiger partial charge is 0.246 e. The van der Waals surface area contributed by atoms with Crippen LogP contribution >= 0.6 is 0 Å². The van der Waals surface area contributed by atoms with E-state index in [1.54, 1.807) is 35.4 Å². The van der Waals surface area contributed by atoms with Crippen molar-refractivity contribution in [3.63, 3.8) is 0 Å². The zero-order valence-corrected chi connectivity index (χ0v) is 13.5. The average molecular weight is 339 g/mol.